The maximum Gasteiger partial charge on any atom is 0.261 e. The monoisotopic (exact) mass is 431 g/mol. The van der Waals surface area contributed by atoms with Crippen molar-refractivity contribution in [2.24, 2.45) is 0 Å². The van der Waals surface area contributed by atoms with Crippen LogP contribution in [0.4, 0.5) is 0 Å². The number of nitrogens with zero attached hydrogens (tertiary/aromatic N) is 3. The molecule has 2 aromatic carbocycles. The van der Waals surface area contributed by atoms with E-state index in [0.717, 1.165) is 20.7 Å². The Morgan fingerprint density at radius 1 is 1.16 bits per heavy atom. The summed E-state index contributed by atoms with van der Waals surface area (Å²) in [5.41, 5.74) is 2.44. The molecule has 4 aromatic rings. The van der Waals surface area contributed by atoms with Crippen molar-refractivity contribution in [1.29, 1.82) is 0 Å². The number of hydrogen-bond donors (Lipinski definition) is 0. The number of hydrogen-bond acceptors (Lipinski definition) is 4. The standard InChI is InChI=1S/C18H11BrClN3OS/c19-12-3-6-16-15(7-12)18(24)23(10-21-16)8-14-9-25-17(22-14)11-1-4-13(20)5-2-11/h1-7,9-10H,8H2. The molecule has 0 radical (unpaired) electrons. The fraction of sp³-hybridized carbons (Fsp3) is 0.0556. The number of rotatable bonds is 3. The molecule has 0 N–H and O–H groups in total. The number of halogens is 2. The van der Waals surface area contributed by atoms with Gasteiger partial charge in [0, 0.05) is 20.4 Å². The highest BCUT2D eigenvalue weighted by Gasteiger charge is 2.09. The first-order chi connectivity index (χ1) is 12.1. The van der Waals surface area contributed by atoms with Crippen LogP contribution in [0.5, 0.6) is 0 Å². The molecule has 7 heteroatoms. The molecule has 0 spiro atoms. The summed E-state index contributed by atoms with van der Waals surface area (Å²) >= 11 is 10.9. The molecule has 25 heavy (non-hydrogen) atoms. The van der Waals surface area contributed by atoms with Crippen molar-refractivity contribution in [2.45, 2.75) is 6.54 Å². The van der Waals surface area contributed by atoms with Crippen LogP contribution in [-0.4, -0.2) is 14.5 Å². The van der Waals surface area contributed by atoms with Crippen molar-refractivity contribution in [1.82, 2.24) is 14.5 Å². The van der Waals surface area contributed by atoms with Gasteiger partial charge in [-0.3, -0.25) is 9.36 Å². The van der Waals surface area contributed by atoms with E-state index in [2.05, 4.69) is 25.9 Å². The topological polar surface area (TPSA) is 47.8 Å². The van der Waals surface area contributed by atoms with Crippen LogP contribution >= 0.6 is 38.9 Å². The molecule has 124 valence electrons. The summed E-state index contributed by atoms with van der Waals surface area (Å²) in [5, 5.41) is 4.14. The van der Waals surface area contributed by atoms with Crippen molar-refractivity contribution in [3.8, 4) is 10.6 Å². The first-order valence-corrected chi connectivity index (χ1v) is 9.50. The van der Waals surface area contributed by atoms with Gasteiger partial charge in [-0.15, -0.1) is 11.3 Å². The maximum atomic E-state index is 12.7. The molecule has 0 saturated carbocycles. The van der Waals surface area contributed by atoms with Crippen LogP contribution < -0.4 is 5.56 Å². The predicted octanol–water partition coefficient (Wildman–Crippen LogP) is 4.98. The summed E-state index contributed by atoms with van der Waals surface area (Å²) in [5.74, 6) is 0. The fourth-order valence-electron chi connectivity index (χ4n) is 2.52. The molecule has 0 atom stereocenters. The molecular weight excluding hydrogens is 422 g/mol. The SMILES string of the molecule is O=c1c2cc(Br)ccc2ncn1Cc1csc(-c2ccc(Cl)cc2)n1. The van der Waals surface area contributed by atoms with E-state index in [1.54, 1.807) is 28.3 Å². The number of benzene rings is 2. The highest BCUT2D eigenvalue weighted by molar-refractivity contribution is 9.10. The Morgan fingerprint density at radius 2 is 1.96 bits per heavy atom. The zero-order valence-corrected chi connectivity index (χ0v) is 16.0. The highest BCUT2D eigenvalue weighted by Crippen LogP contribution is 2.25. The number of fused-ring (bicyclic) bond motifs is 1. The smallest absolute Gasteiger partial charge is 0.261 e. The van der Waals surface area contributed by atoms with Gasteiger partial charge >= 0.3 is 0 Å². The van der Waals surface area contributed by atoms with Crippen LogP contribution in [0.15, 0.2) is 63.4 Å². The third-order valence-electron chi connectivity index (χ3n) is 3.76. The molecule has 4 nitrogen and oxygen atoms in total. The highest BCUT2D eigenvalue weighted by atomic mass is 79.9. The summed E-state index contributed by atoms with van der Waals surface area (Å²) in [6, 6.07) is 13.0. The van der Waals surface area contributed by atoms with Gasteiger partial charge in [-0.1, -0.05) is 39.7 Å². The van der Waals surface area contributed by atoms with Crippen molar-refractivity contribution < 1.29 is 0 Å². The molecule has 2 aromatic heterocycles. The summed E-state index contributed by atoms with van der Waals surface area (Å²) in [6.45, 7) is 0.387. The Kier molecular flexibility index (Phi) is 4.41. The van der Waals surface area contributed by atoms with Crippen molar-refractivity contribution in [2.75, 3.05) is 0 Å². The van der Waals surface area contributed by atoms with Crippen molar-refractivity contribution >= 4 is 49.8 Å². The molecule has 0 bridgehead atoms. The maximum absolute atomic E-state index is 12.7. The second-order valence-electron chi connectivity index (χ2n) is 5.49. The molecule has 2 heterocycles. The van der Waals surface area contributed by atoms with Crippen LogP contribution in [0.3, 0.4) is 0 Å². The molecular formula is C18H11BrClN3OS. The average Bonchev–Trinajstić information content (AvgIpc) is 3.07. The number of thiazole rings is 1. The van der Waals surface area contributed by atoms with E-state index in [9.17, 15) is 4.79 Å². The van der Waals surface area contributed by atoms with Crippen LogP contribution in [-0.2, 0) is 6.54 Å². The predicted molar refractivity (Wildman–Crippen MR) is 105 cm³/mol. The second kappa shape index (κ2) is 6.71. The number of aromatic nitrogens is 3. The van der Waals surface area contributed by atoms with E-state index in [0.29, 0.717) is 22.5 Å². The Morgan fingerprint density at radius 3 is 2.76 bits per heavy atom. The fourth-order valence-corrected chi connectivity index (χ4v) is 3.83. The van der Waals surface area contributed by atoms with Gasteiger partial charge in [0.15, 0.2) is 0 Å². The van der Waals surface area contributed by atoms with Crippen LogP contribution in [0.1, 0.15) is 5.69 Å². The summed E-state index contributed by atoms with van der Waals surface area (Å²) in [4.78, 5) is 21.6. The molecule has 0 unspecified atom stereocenters. The van der Waals surface area contributed by atoms with Gasteiger partial charge in [0.25, 0.3) is 5.56 Å². The second-order valence-corrected chi connectivity index (χ2v) is 7.70. The molecule has 0 aliphatic carbocycles. The molecule has 0 aliphatic rings. The first-order valence-electron chi connectivity index (χ1n) is 7.45. The van der Waals surface area contributed by atoms with Crippen molar-refractivity contribution in [3.63, 3.8) is 0 Å². The minimum atomic E-state index is -0.0765. The lowest BCUT2D eigenvalue weighted by Gasteiger charge is -2.05. The van der Waals surface area contributed by atoms with Crippen LogP contribution in [0.2, 0.25) is 5.02 Å². The first kappa shape index (κ1) is 16.4. The molecule has 0 aliphatic heterocycles. The Balaban J connectivity index is 1.67. The lowest BCUT2D eigenvalue weighted by molar-refractivity contribution is 0.734. The van der Waals surface area contributed by atoms with Gasteiger partial charge < -0.3 is 0 Å². The Bertz CT molecular complexity index is 1120. The van der Waals surface area contributed by atoms with Gasteiger partial charge in [-0.2, -0.15) is 0 Å². The van der Waals surface area contributed by atoms with E-state index in [1.165, 1.54) is 0 Å². The van der Waals surface area contributed by atoms with Gasteiger partial charge in [-0.05, 0) is 30.3 Å². The average molecular weight is 433 g/mol. The van der Waals surface area contributed by atoms with E-state index in [-0.39, 0.29) is 5.56 Å². The summed E-state index contributed by atoms with van der Waals surface area (Å²) in [7, 11) is 0. The van der Waals surface area contributed by atoms with E-state index in [1.807, 2.05) is 41.8 Å². The molecule has 0 saturated heterocycles. The Hall–Kier alpha value is -2.02. The van der Waals surface area contributed by atoms with Gasteiger partial charge in [-0.25, -0.2) is 9.97 Å². The minimum Gasteiger partial charge on any atom is -0.293 e. The van der Waals surface area contributed by atoms with E-state index < -0.39 is 0 Å². The zero-order chi connectivity index (χ0) is 17.4. The lowest BCUT2D eigenvalue weighted by Crippen LogP contribution is -2.21. The quantitative estimate of drug-likeness (QED) is 0.458. The van der Waals surface area contributed by atoms with Gasteiger partial charge in [0.2, 0.25) is 0 Å². The van der Waals surface area contributed by atoms with Crippen molar-refractivity contribution in [3.05, 3.63) is 79.7 Å². The molecule has 0 fully saturated rings. The third kappa shape index (κ3) is 3.38. The molecule has 0 amide bonds. The molecule has 4 rings (SSSR count). The van der Waals surface area contributed by atoms with E-state index >= 15 is 0 Å². The van der Waals surface area contributed by atoms with E-state index in [4.69, 9.17) is 11.6 Å². The zero-order valence-electron chi connectivity index (χ0n) is 12.8. The van der Waals surface area contributed by atoms with Crippen LogP contribution in [0, 0.1) is 0 Å². The lowest BCUT2D eigenvalue weighted by atomic mass is 10.2. The summed E-state index contributed by atoms with van der Waals surface area (Å²) in [6.07, 6.45) is 1.57. The van der Waals surface area contributed by atoms with Gasteiger partial charge in [0.05, 0.1) is 29.5 Å². The third-order valence-corrected chi connectivity index (χ3v) is 5.45. The minimum absolute atomic E-state index is 0.0765. The van der Waals surface area contributed by atoms with Crippen LogP contribution in [0.25, 0.3) is 21.5 Å². The largest absolute Gasteiger partial charge is 0.293 e. The summed E-state index contributed by atoms with van der Waals surface area (Å²) < 4.78 is 2.44. The normalized spacial score (nSPS) is 11.1. The van der Waals surface area contributed by atoms with Gasteiger partial charge in [0.1, 0.15) is 5.01 Å². The Labute approximate surface area is 160 Å².